The van der Waals surface area contributed by atoms with Crippen molar-refractivity contribution in [2.24, 2.45) is 5.92 Å². The number of rotatable bonds is 5. The number of nitriles is 2. The molecule has 4 aromatic rings. The molecule has 0 radical (unpaired) electrons. The first-order valence-corrected chi connectivity index (χ1v) is 11.2. The van der Waals surface area contributed by atoms with Crippen LogP contribution in [0.1, 0.15) is 49.5 Å². The fourth-order valence-electron chi connectivity index (χ4n) is 4.87. The minimum absolute atomic E-state index is 0.138. The van der Waals surface area contributed by atoms with E-state index in [-0.39, 0.29) is 18.4 Å². The SMILES string of the molecule is N#CCC1CCC(n2c(CC(=O)Nc3ccc(C#N)cc3)nc3cnc4[nH]ccc4c32)CC1. The van der Waals surface area contributed by atoms with Gasteiger partial charge >= 0.3 is 0 Å². The maximum atomic E-state index is 12.9. The van der Waals surface area contributed by atoms with Crippen LogP contribution in [0.2, 0.25) is 0 Å². The van der Waals surface area contributed by atoms with Crippen LogP contribution in [-0.2, 0) is 11.2 Å². The normalized spacial score (nSPS) is 18.1. The van der Waals surface area contributed by atoms with Gasteiger partial charge in [-0.15, -0.1) is 0 Å². The van der Waals surface area contributed by atoms with Gasteiger partial charge in [-0.05, 0) is 61.9 Å². The van der Waals surface area contributed by atoms with Gasteiger partial charge in [-0.3, -0.25) is 4.79 Å². The quantitative estimate of drug-likeness (QED) is 0.472. The van der Waals surface area contributed by atoms with E-state index in [1.54, 1.807) is 30.5 Å². The highest BCUT2D eigenvalue weighted by Gasteiger charge is 2.27. The predicted octanol–water partition coefficient (Wildman–Crippen LogP) is 4.61. The number of hydrogen-bond acceptors (Lipinski definition) is 5. The van der Waals surface area contributed by atoms with Gasteiger partial charge in [-0.2, -0.15) is 10.5 Å². The van der Waals surface area contributed by atoms with E-state index in [0.717, 1.165) is 53.6 Å². The monoisotopic (exact) mass is 437 g/mol. The number of nitrogens with zero attached hydrogens (tertiary/aromatic N) is 5. The van der Waals surface area contributed by atoms with Crippen LogP contribution in [0.5, 0.6) is 0 Å². The third kappa shape index (κ3) is 4.04. The van der Waals surface area contributed by atoms with Gasteiger partial charge in [-0.1, -0.05) is 0 Å². The molecule has 2 N–H and O–H groups in total. The Kier molecular flexibility index (Phi) is 5.50. The zero-order valence-electron chi connectivity index (χ0n) is 18.1. The highest BCUT2D eigenvalue weighted by molar-refractivity contribution is 6.02. The number of anilines is 1. The topological polar surface area (TPSA) is 123 Å². The van der Waals surface area contributed by atoms with Crippen molar-refractivity contribution in [3.8, 4) is 12.1 Å². The Hall–Kier alpha value is -4.17. The Balaban J connectivity index is 1.47. The van der Waals surface area contributed by atoms with Crippen molar-refractivity contribution in [1.82, 2.24) is 19.5 Å². The number of carbonyl (C=O) groups is 1. The Morgan fingerprint density at radius 1 is 1.15 bits per heavy atom. The van der Waals surface area contributed by atoms with Crippen LogP contribution in [0.3, 0.4) is 0 Å². The van der Waals surface area contributed by atoms with Crippen molar-refractivity contribution in [3.05, 3.63) is 54.1 Å². The molecule has 1 aliphatic rings. The number of benzene rings is 1. The van der Waals surface area contributed by atoms with Gasteiger partial charge in [0, 0.05) is 29.7 Å². The third-order valence-electron chi connectivity index (χ3n) is 6.49. The molecule has 1 aromatic carbocycles. The van der Waals surface area contributed by atoms with Crippen LogP contribution in [0, 0.1) is 28.6 Å². The number of imidazole rings is 1. The summed E-state index contributed by atoms with van der Waals surface area (Å²) in [6.45, 7) is 0. The fraction of sp³-hybridized carbons (Fsp3) is 0.320. The lowest BCUT2D eigenvalue weighted by Gasteiger charge is -2.30. The maximum absolute atomic E-state index is 12.9. The molecule has 33 heavy (non-hydrogen) atoms. The van der Waals surface area contributed by atoms with E-state index < -0.39 is 0 Å². The Bertz CT molecular complexity index is 1390. The molecular formula is C25H23N7O. The van der Waals surface area contributed by atoms with E-state index in [1.165, 1.54) is 0 Å². The number of amides is 1. The predicted molar refractivity (Wildman–Crippen MR) is 124 cm³/mol. The van der Waals surface area contributed by atoms with Gasteiger partial charge in [0.05, 0.1) is 35.8 Å². The van der Waals surface area contributed by atoms with E-state index >= 15 is 0 Å². The standard InChI is InChI=1S/C25H23N7O/c26-11-9-16-3-7-19(8-4-16)32-22(13-23(33)30-18-5-1-17(14-27)2-6-18)31-21-15-29-25-20(24(21)32)10-12-28-25/h1-2,5-6,10,12,15-16,19H,3-4,7-9,13H2,(H,28,29)(H,30,33). The zero-order chi connectivity index (χ0) is 22.8. The van der Waals surface area contributed by atoms with Gasteiger partial charge in [-0.25, -0.2) is 9.97 Å². The number of H-pyrrole nitrogens is 1. The molecule has 0 saturated heterocycles. The molecule has 1 fully saturated rings. The fourth-order valence-corrected chi connectivity index (χ4v) is 4.87. The average molecular weight is 438 g/mol. The second-order valence-corrected chi connectivity index (χ2v) is 8.58. The first-order valence-electron chi connectivity index (χ1n) is 11.2. The first-order chi connectivity index (χ1) is 16.2. The molecule has 1 aliphatic carbocycles. The summed E-state index contributed by atoms with van der Waals surface area (Å²) in [5, 5.41) is 21.9. The molecule has 164 valence electrons. The van der Waals surface area contributed by atoms with Crippen LogP contribution in [-0.4, -0.2) is 25.4 Å². The van der Waals surface area contributed by atoms with Crippen molar-refractivity contribution in [2.45, 2.75) is 44.6 Å². The average Bonchev–Trinajstić information content (AvgIpc) is 3.44. The lowest BCUT2D eigenvalue weighted by molar-refractivity contribution is -0.115. The number of pyridine rings is 1. The highest BCUT2D eigenvalue weighted by Crippen LogP contribution is 2.38. The number of hydrogen-bond donors (Lipinski definition) is 2. The molecule has 1 saturated carbocycles. The van der Waals surface area contributed by atoms with Crippen molar-refractivity contribution >= 4 is 33.7 Å². The first kappa shape index (κ1) is 20.7. The van der Waals surface area contributed by atoms with Crippen molar-refractivity contribution in [2.75, 3.05) is 5.32 Å². The van der Waals surface area contributed by atoms with Gasteiger partial charge in [0.1, 0.15) is 17.0 Å². The van der Waals surface area contributed by atoms with Crippen LogP contribution >= 0.6 is 0 Å². The molecule has 8 heteroatoms. The summed E-state index contributed by atoms with van der Waals surface area (Å²) in [6.07, 6.45) is 8.27. The smallest absolute Gasteiger partial charge is 0.231 e. The van der Waals surface area contributed by atoms with Crippen LogP contribution < -0.4 is 5.32 Å². The molecule has 3 heterocycles. The molecule has 1 amide bonds. The van der Waals surface area contributed by atoms with E-state index in [9.17, 15) is 4.79 Å². The number of aromatic nitrogens is 4. The summed E-state index contributed by atoms with van der Waals surface area (Å²) in [5.41, 5.74) is 3.78. The molecule has 0 bridgehead atoms. The maximum Gasteiger partial charge on any atom is 0.231 e. The Morgan fingerprint density at radius 2 is 1.94 bits per heavy atom. The highest BCUT2D eigenvalue weighted by atomic mass is 16.1. The van der Waals surface area contributed by atoms with E-state index in [0.29, 0.717) is 23.6 Å². The minimum Gasteiger partial charge on any atom is -0.346 e. The molecule has 0 aliphatic heterocycles. The number of fused-ring (bicyclic) bond motifs is 3. The lowest BCUT2D eigenvalue weighted by Crippen LogP contribution is -2.23. The van der Waals surface area contributed by atoms with Crippen LogP contribution in [0.15, 0.2) is 42.7 Å². The number of carbonyl (C=O) groups excluding carboxylic acids is 1. The summed E-state index contributed by atoms with van der Waals surface area (Å²) in [6, 6.07) is 13.4. The molecular weight excluding hydrogens is 414 g/mol. The minimum atomic E-state index is -0.160. The Morgan fingerprint density at radius 3 is 2.67 bits per heavy atom. The third-order valence-corrected chi connectivity index (χ3v) is 6.49. The van der Waals surface area contributed by atoms with E-state index in [4.69, 9.17) is 15.5 Å². The van der Waals surface area contributed by atoms with Crippen LogP contribution in [0.25, 0.3) is 22.1 Å². The van der Waals surface area contributed by atoms with Crippen molar-refractivity contribution in [1.29, 1.82) is 10.5 Å². The van der Waals surface area contributed by atoms with Gasteiger partial charge in [0.25, 0.3) is 0 Å². The largest absolute Gasteiger partial charge is 0.346 e. The summed E-state index contributed by atoms with van der Waals surface area (Å²) in [7, 11) is 0. The second-order valence-electron chi connectivity index (χ2n) is 8.58. The molecule has 0 unspecified atom stereocenters. The molecule has 0 atom stereocenters. The summed E-state index contributed by atoms with van der Waals surface area (Å²) in [4.78, 5) is 25.4. The summed E-state index contributed by atoms with van der Waals surface area (Å²) >= 11 is 0. The van der Waals surface area contributed by atoms with E-state index in [2.05, 4.69) is 32.0 Å². The van der Waals surface area contributed by atoms with Gasteiger partial charge in [0.2, 0.25) is 5.91 Å². The van der Waals surface area contributed by atoms with Gasteiger partial charge in [0.15, 0.2) is 0 Å². The zero-order valence-corrected chi connectivity index (χ0v) is 18.1. The molecule has 0 spiro atoms. The number of nitrogens with one attached hydrogen (secondary N) is 2. The Labute approximate surface area is 190 Å². The molecule has 5 rings (SSSR count). The number of aromatic amines is 1. The molecule has 3 aromatic heterocycles. The van der Waals surface area contributed by atoms with Crippen molar-refractivity contribution in [3.63, 3.8) is 0 Å². The summed E-state index contributed by atoms with van der Waals surface area (Å²) in [5.74, 6) is 1.00. The lowest BCUT2D eigenvalue weighted by atomic mass is 9.84. The van der Waals surface area contributed by atoms with Crippen molar-refractivity contribution < 1.29 is 4.79 Å². The second kappa shape index (κ2) is 8.76. The van der Waals surface area contributed by atoms with E-state index in [1.807, 2.05) is 12.3 Å². The molecule has 8 nitrogen and oxygen atoms in total. The van der Waals surface area contributed by atoms with Gasteiger partial charge < -0.3 is 14.9 Å². The van der Waals surface area contributed by atoms with Crippen LogP contribution in [0.4, 0.5) is 5.69 Å². The summed E-state index contributed by atoms with van der Waals surface area (Å²) < 4.78 is 2.23.